The van der Waals surface area contributed by atoms with Gasteiger partial charge in [0.25, 0.3) is 0 Å². The Hall–Kier alpha value is -0.890. The van der Waals surface area contributed by atoms with E-state index < -0.39 is 0 Å². The van der Waals surface area contributed by atoms with E-state index in [1.165, 1.54) is 30.4 Å². The smallest absolute Gasteiger partial charge is 0.0308 e. The van der Waals surface area contributed by atoms with Crippen LogP contribution >= 0.6 is 0 Å². The molecule has 2 nitrogen and oxygen atoms in total. The van der Waals surface area contributed by atoms with Crippen molar-refractivity contribution in [3.8, 4) is 0 Å². The van der Waals surface area contributed by atoms with E-state index in [1.54, 1.807) is 0 Å². The molecule has 0 amide bonds. The Labute approximate surface area is 91.9 Å². The first-order valence-corrected chi connectivity index (χ1v) is 5.84. The normalized spacial score (nSPS) is 18.9. The predicted molar refractivity (Wildman–Crippen MR) is 62.9 cm³/mol. The minimum Gasteiger partial charge on any atom is -0.330 e. The zero-order valence-corrected chi connectivity index (χ0v) is 9.66. The average Bonchev–Trinajstić information content (AvgIpc) is 2.17. The van der Waals surface area contributed by atoms with E-state index in [4.69, 9.17) is 5.73 Å². The topological polar surface area (TPSA) is 38.9 Å². The lowest BCUT2D eigenvalue weighted by molar-refractivity contribution is 0.250. The lowest BCUT2D eigenvalue weighted by Gasteiger charge is -2.42. The van der Waals surface area contributed by atoms with Gasteiger partial charge in [-0.2, -0.15) is 0 Å². The van der Waals surface area contributed by atoms with E-state index in [-0.39, 0.29) is 5.41 Å². The van der Waals surface area contributed by atoms with Crippen molar-refractivity contribution in [3.05, 3.63) is 29.6 Å². The third-order valence-electron chi connectivity index (χ3n) is 3.75. The van der Waals surface area contributed by atoms with Gasteiger partial charge in [0.1, 0.15) is 0 Å². The van der Waals surface area contributed by atoms with Crippen LogP contribution in [0.2, 0.25) is 0 Å². The predicted octanol–water partition coefficient (Wildman–Crippen LogP) is 2.59. The number of rotatable bonds is 3. The third kappa shape index (κ3) is 1.67. The first kappa shape index (κ1) is 10.6. The van der Waals surface area contributed by atoms with E-state index >= 15 is 0 Å². The molecule has 0 saturated heterocycles. The number of aromatic nitrogens is 1. The zero-order chi connectivity index (χ0) is 10.9. The lowest BCUT2D eigenvalue weighted by Crippen LogP contribution is -2.42. The second kappa shape index (κ2) is 3.93. The van der Waals surface area contributed by atoms with Gasteiger partial charge in [0, 0.05) is 24.4 Å². The van der Waals surface area contributed by atoms with E-state index in [1.807, 2.05) is 12.4 Å². The molecular formula is C13H20N2. The van der Waals surface area contributed by atoms with Gasteiger partial charge >= 0.3 is 0 Å². The number of nitrogens with zero attached hydrogens (tertiary/aromatic N) is 1. The molecule has 1 fully saturated rings. The Morgan fingerprint density at radius 1 is 1.47 bits per heavy atom. The molecular weight excluding hydrogens is 184 g/mol. The van der Waals surface area contributed by atoms with Crippen LogP contribution in [0, 0.1) is 0 Å². The second-order valence-corrected chi connectivity index (χ2v) is 4.96. The molecule has 1 heterocycles. The molecule has 2 N–H and O–H groups in total. The van der Waals surface area contributed by atoms with Crippen molar-refractivity contribution in [1.29, 1.82) is 0 Å². The molecule has 0 spiro atoms. The number of hydrogen-bond acceptors (Lipinski definition) is 2. The molecule has 0 atom stereocenters. The fourth-order valence-corrected chi connectivity index (χ4v) is 2.54. The van der Waals surface area contributed by atoms with Gasteiger partial charge in [0.05, 0.1) is 0 Å². The summed E-state index contributed by atoms with van der Waals surface area (Å²) in [7, 11) is 0. The molecule has 0 unspecified atom stereocenters. The van der Waals surface area contributed by atoms with E-state index in [9.17, 15) is 0 Å². The highest BCUT2D eigenvalue weighted by Crippen LogP contribution is 2.44. The Morgan fingerprint density at radius 3 is 2.67 bits per heavy atom. The molecule has 15 heavy (non-hydrogen) atoms. The Kier molecular flexibility index (Phi) is 2.79. The van der Waals surface area contributed by atoms with Crippen LogP contribution in [-0.4, -0.2) is 11.5 Å². The van der Waals surface area contributed by atoms with Crippen LogP contribution in [0.4, 0.5) is 0 Å². The maximum atomic E-state index is 5.94. The minimum atomic E-state index is 0.244. The standard InChI is InChI=1S/C13H20N2/c1-10(2)11-4-7-15-8-12(11)13(9-14)5-3-6-13/h4,7-8,10H,3,5-6,9,14H2,1-2H3. The van der Waals surface area contributed by atoms with Crippen LogP contribution in [0.15, 0.2) is 18.5 Å². The van der Waals surface area contributed by atoms with Gasteiger partial charge in [0.2, 0.25) is 0 Å². The molecule has 1 saturated carbocycles. The van der Waals surface area contributed by atoms with Crippen molar-refractivity contribution in [2.75, 3.05) is 6.54 Å². The van der Waals surface area contributed by atoms with Gasteiger partial charge < -0.3 is 5.73 Å². The molecule has 1 aliphatic rings. The molecule has 0 bridgehead atoms. The van der Waals surface area contributed by atoms with Gasteiger partial charge in [-0.1, -0.05) is 20.3 Å². The monoisotopic (exact) mass is 204 g/mol. The highest BCUT2D eigenvalue weighted by Gasteiger charge is 2.39. The van der Waals surface area contributed by atoms with Crippen molar-refractivity contribution < 1.29 is 0 Å². The van der Waals surface area contributed by atoms with Crippen LogP contribution in [-0.2, 0) is 5.41 Å². The van der Waals surface area contributed by atoms with Crippen LogP contribution in [0.1, 0.15) is 50.2 Å². The van der Waals surface area contributed by atoms with Gasteiger partial charge in [-0.15, -0.1) is 0 Å². The summed E-state index contributed by atoms with van der Waals surface area (Å²) in [6, 6.07) is 2.15. The molecule has 2 heteroatoms. The Morgan fingerprint density at radius 2 is 2.20 bits per heavy atom. The van der Waals surface area contributed by atoms with Crippen molar-refractivity contribution >= 4 is 0 Å². The highest BCUT2D eigenvalue weighted by atomic mass is 14.7. The Bertz CT molecular complexity index is 335. The summed E-state index contributed by atoms with van der Waals surface area (Å²) in [5, 5.41) is 0. The second-order valence-electron chi connectivity index (χ2n) is 4.96. The van der Waals surface area contributed by atoms with Gasteiger partial charge in [-0.25, -0.2) is 0 Å². The van der Waals surface area contributed by atoms with Gasteiger partial charge in [-0.05, 0) is 36.0 Å². The molecule has 0 aliphatic heterocycles. The summed E-state index contributed by atoms with van der Waals surface area (Å²) >= 11 is 0. The van der Waals surface area contributed by atoms with E-state index in [0.29, 0.717) is 5.92 Å². The van der Waals surface area contributed by atoms with Gasteiger partial charge in [-0.3, -0.25) is 4.98 Å². The van der Waals surface area contributed by atoms with Crippen molar-refractivity contribution in [3.63, 3.8) is 0 Å². The molecule has 1 aliphatic carbocycles. The van der Waals surface area contributed by atoms with Gasteiger partial charge in [0.15, 0.2) is 0 Å². The maximum absolute atomic E-state index is 5.94. The van der Waals surface area contributed by atoms with Crippen molar-refractivity contribution in [1.82, 2.24) is 4.98 Å². The highest BCUT2D eigenvalue weighted by molar-refractivity contribution is 5.36. The average molecular weight is 204 g/mol. The summed E-state index contributed by atoms with van der Waals surface area (Å²) in [5.74, 6) is 0.562. The minimum absolute atomic E-state index is 0.244. The molecule has 0 radical (unpaired) electrons. The SMILES string of the molecule is CC(C)c1ccncc1C1(CN)CCC1. The lowest BCUT2D eigenvalue weighted by atomic mass is 9.63. The zero-order valence-electron chi connectivity index (χ0n) is 9.66. The molecule has 1 aromatic rings. The summed E-state index contributed by atoms with van der Waals surface area (Å²) < 4.78 is 0. The first-order chi connectivity index (χ1) is 7.19. The molecule has 1 aromatic heterocycles. The van der Waals surface area contributed by atoms with Crippen LogP contribution in [0.5, 0.6) is 0 Å². The van der Waals surface area contributed by atoms with Crippen LogP contribution in [0.25, 0.3) is 0 Å². The fourth-order valence-electron chi connectivity index (χ4n) is 2.54. The van der Waals surface area contributed by atoms with Crippen molar-refractivity contribution in [2.45, 2.75) is 44.4 Å². The first-order valence-electron chi connectivity index (χ1n) is 5.84. The number of hydrogen-bond donors (Lipinski definition) is 1. The number of nitrogens with two attached hydrogens (primary N) is 1. The van der Waals surface area contributed by atoms with Crippen LogP contribution < -0.4 is 5.73 Å². The quantitative estimate of drug-likeness (QED) is 0.822. The third-order valence-corrected chi connectivity index (χ3v) is 3.75. The summed E-state index contributed by atoms with van der Waals surface area (Å²) in [5.41, 5.74) is 9.01. The van der Waals surface area contributed by atoms with Crippen molar-refractivity contribution in [2.24, 2.45) is 5.73 Å². The molecule has 2 rings (SSSR count). The molecule has 0 aromatic carbocycles. The Balaban J connectivity index is 2.42. The van der Waals surface area contributed by atoms with Crippen LogP contribution in [0.3, 0.4) is 0 Å². The molecule has 82 valence electrons. The maximum Gasteiger partial charge on any atom is 0.0308 e. The summed E-state index contributed by atoms with van der Waals surface area (Å²) in [6.07, 6.45) is 7.69. The van der Waals surface area contributed by atoms with E-state index in [0.717, 1.165) is 6.54 Å². The van der Waals surface area contributed by atoms with E-state index in [2.05, 4.69) is 24.9 Å². The fraction of sp³-hybridized carbons (Fsp3) is 0.615. The summed E-state index contributed by atoms with van der Waals surface area (Å²) in [6.45, 7) is 5.24. The number of pyridine rings is 1. The summed E-state index contributed by atoms with van der Waals surface area (Å²) in [4.78, 5) is 4.27. The largest absolute Gasteiger partial charge is 0.330 e.